The van der Waals surface area contributed by atoms with Crippen molar-refractivity contribution >= 4 is 11.6 Å². The monoisotopic (exact) mass is 232 g/mol. The molecule has 0 aromatic carbocycles. The van der Waals surface area contributed by atoms with Crippen LogP contribution in [0.3, 0.4) is 0 Å². The summed E-state index contributed by atoms with van der Waals surface area (Å²) in [6, 6.07) is 5.84. The zero-order valence-corrected chi connectivity index (χ0v) is 10.2. The summed E-state index contributed by atoms with van der Waals surface area (Å²) in [7, 11) is 1.82. The smallest absolute Gasteiger partial charge is 0.132 e. The molecule has 2 aromatic rings. The van der Waals surface area contributed by atoms with Gasteiger partial charge in [0.2, 0.25) is 0 Å². The van der Waals surface area contributed by atoms with Gasteiger partial charge in [0.15, 0.2) is 0 Å². The van der Waals surface area contributed by atoms with Crippen molar-refractivity contribution in [3.8, 4) is 0 Å². The minimum atomic E-state index is 0.0725. The van der Waals surface area contributed by atoms with E-state index >= 15 is 0 Å². The van der Waals surface area contributed by atoms with Gasteiger partial charge in [-0.25, -0.2) is 9.97 Å². The van der Waals surface area contributed by atoms with E-state index in [1.54, 1.807) is 0 Å². The summed E-state index contributed by atoms with van der Waals surface area (Å²) in [4.78, 5) is 8.21. The third kappa shape index (κ3) is 2.75. The quantitative estimate of drug-likeness (QED) is 0.848. The van der Waals surface area contributed by atoms with Gasteiger partial charge in [0.05, 0.1) is 6.04 Å². The number of aromatic nitrogens is 2. The largest absolute Gasteiger partial charge is 0.464 e. The lowest BCUT2D eigenvalue weighted by Gasteiger charge is -2.12. The molecule has 2 aromatic heterocycles. The van der Waals surface area contributed by atoms with E-state index in [0.717, 1.165) is 23.2 Å². The average molecular weight is 232 g/mol. The van der Waals surface area contributed by atoms with Crippen LogP contribution in [0.15, 0.2) is 28.9 Å². The normalized spacial score (nSPS) is 12.2. The molecule has 2 N–H and O–H groups in total. The molecule has 0 saturated carbocycles. The van der Waals surface area contributed by atoms with E-state index in [-0.39, 0.29) is 6.04 Å². The Kier molecular flexibility index (Phi) is 3.27. The Balaban J connectivity index is 2.09. The summed E-state index contributed by atoms with van der Waals surface area (Å²) in [6.07, 6.45) is 1.52. The molecule has 1 atom stereocenters. The molecule has 0 aliphatic heterocycles. The standard InChI is InChI=1S/C12H16N4O/c1-8-4-5-10(17-8)9(2)16-12-6-11(13-3)14-7-15-12/h4-7,9H,1-3H3,(H2,13,14,15,16). The van der Waals surface area contributed by atoms with Gasteiger partial charge in [-0.1, -0.05) is 0 Å². The van der Waals surface area contributed by atoms with Crippen molar-refractivity contribution in [3.63, 3.8) is 0 Å². The third-order valence-corrected chi connectivity index (χ3v) is 2.48. The van der Waals surface area contributed by atoms with Gasteiger partial charge in [0, 0.05) is 13.1 Å². The van der Waals surface area contributed by atoms with E-state index in [4.69, 9.17) is 4.42 Å². The lowest BCUT2D eigenvalue weighted by atomic mass is 10.2. The van der Waals surface area contributed by atoms with Crippen LogP contribution in [-0.4, -0.2) is 17.0 Å². The summed E-state index contributed by atoms with van der Waals surface area (Å²) >= 11 is 0. The number of nitrogens with one attached hydrogen (secondary N) is 2. The van der Waals surface area contributed by atoms with Crippen LogP contribution in [0.5, 0.6) is 0 Å². The summed E-state index contributed by atoms with van der Waals surface area (Å²) in [5.74, 6) is 3.36. The van der Waals surface area contributed by atoms with Gasteiger partial charge in [0.25, 0.3) is 0 Å². The molecular formula is C12H16N4O. The fraction of sp³-hybridized carbons (Fsp3) is 0.333. The van der Waals surface area contributed by atoms with E-state index < -0.39 is 0 Å². The Labute approximate surface area is 100 Å². The van der Waals surface area contributed by atoms with E-state index in [2.05, 4.69) is 20.6 Å². The van der Waals surface area contributed by atoms with Crippen LogP contribution in [0.1, 0.15) is 24.5 Å². The highest BCUT2D eigenvalue weighted by atomic mass is 16.3. The molecular weight excluding hydrogens is 216 g/mol. The first-order valence-electron chi connectivity index (χ1n) is 5.51. The molecule has 0 fully saturated rings. The number of aryl methyl sites for hydroxylation is 1. The Hall–Kier alpha value is -2.04. The van der Waals surface area contributed by atoms with Crippen LogP contribution >= 0.6 is 0 Å². The van der Waals surface area contributed by atoms with Gasteiger partial charge in [-0.2, -0.15) is 0 Å². The number of hydrogen-bond acceptors (Lipinski definition) is 5. The molecule has 2 heterocycles. The summed E-state index contributed by atoms with van der Waals surface area (Å²) in [6.45, 7) is 3.96. The van der Waals surface area contributed by atoms with E-state index in [1.807, 2.05) is 39.1 Å². The van der Waals surface area contributed by atoms with Crippen LogP contribution in [0.4, 0.5) is 11.6 Å². The van der Waals surface area contributed by atoms with Crippen molar-refractivity contribution in [1.82, 2.24) is 9.97 Å². The molecule has 0 saturated heterocycles. The maximum Gasteiger partial charge on any atom is 0.132 e. The highest BCUT2D eigenvalue weighted by Gasteiger charge is 2.10. The zero-order chi connectivity index (χ0) is 12.3. The number of anilines is 2. The van der Waals surface area contributed by atoms with Crippen molar-refractivity contribution in [2.24, 2.45) is 0 Å². The summed E-state index contributed by atoms with van der Waals surface area (Å²) < 4.78 is 5.55. The van der Waals surface area contributed by atoms with Crippen LogP contribution in [0.25, 0.3) is 0 Å². The summed E-state index contributed by atoms with van der Waals surface area (Å²) in [5, 5.41) is 6.23. The van der Waals surface area contributed by atoms with Crippen LogP contribution < -0.4 is 10.6 Å². The maximum atomic E-state index is 5.55. The molecule has 2 rings (SSSR count). The van der Waals surface area contributed by atoms with Gasteiger partial charge in [0.1, 0.15) is 29.5 Å². The van der Waals surface area contributed by atoms with Crippen molar-refractivity contribution in [2.75, 3.05) is 17.7 Å². The molecule has 1 unspecified atom stereocenters. The van der Waals surface area contributed by atoms with E-state index in [0.29, 0.717) is 0 Å². The van der Waals surface area contributed by atoms with Crippen LogP contribution in [0.2, 0.25) is 0 Å². The van der Waals surface area contributed by atoms with Crippen LogP contribution in [-0.2, 0) is 0 Å². The van der Waals surface area contributed by atoms with Crippen molar-refractivity contribution in [2.45, 2.75) is 19.9 Å². The molecule has 0 aliphatic rings. The number of furan rings is 1. The highest BCUT2D eigenvalue weighted by Crippen LogP contribution is 2.20. The van der Waals surface area contributed by atoms with E-state index in [1.165, 1.54) is 6.33 Å². The molecule has 90 valence electrons. The SMILES string of the molecule is CNc1cc(NC(C)c2ccc(C)o2)ncn1. The number of rotatable bonds is 4. The molecule has 0 amide bonds. The first-order valence-corrected chi connectivity index (χ1v) is 5.51. The Morgan fingerprint density at radius 2 is 2.00 bits per heavy atom. The average Bonchev–Trinajstić information content (AvgIpc) is 2.76. The second-order valence-corrected chi connectivity index (χ2v) is 3.85. The molecule has 0 radical (unpaired) electrons. The second-order valence-electron chi connectivity index (χ2n) is 3.85. The lowest BCUT2D eigenvalue weighted by molar-refractivity contribution is 0.466. The predicted molar refractivity (Wildman–Crippen MR) is 67.1 cm³/mol. The van der Waals surface area contributed by atoms with Crippen molar-refractivity contribution in [1.29, 1.82) is 0 Å². The molecule has 0 spiro atoms. The minimum Gasteiger partial charge on any atom is -0.464 e. The molecule has 5 heteroatoms. The second kappa shape index (κ2) is 4.86. The molecule has 5 nitrogen and oxygen atoms in total. The first kappa shape index (κ1) is 11.4. The van der Waals surface area contributed by atoms with E-state index in [9.17, 15) is 0 Å². The van der Waals surface area contributed by atoms with Crippen molar-refractivity contribution < 1.29 is 4.42 Å². The minimum absolute atomic E-state index is 0.0725. The Bertz CT molecular complexity index is 495. The van der Waals surface area contributed by atoms with Gasteiger partial charge in [-0.3, -0.25) is 0 Å². The summed E-state index contributed by atoms with van der Waals surface area (Å²) in [5.41, 5.74) is 0. The molecule has 17 heavy (non-hydrogen) atoms. The van der Waals surface area contributed by atoms with Crippen LogP contribution in [0, 0.1) is 6.92 Å². The van der Waals surface area contributed by atoms with Gasteiger partial charge < -0.3 is 15.1 Å². The lowest BCUT2D eigenvalue weighted by Crippen LogP contribution is -2.07. The van der Waals surface area contributed by atoms with Crippen molar-refractivity contribution in [3.05, 3.63) is 36.0 Å². The first-order chi connectivity index (χ1) is 8.19. The predicted octanol–water partition coefficient (Wildman–Crippen LogP) is 2.59. The molecule has 0 bridgehead atoms. The Morgan fingerprint density at radius 1 is 1.24 bits per heavy atom. The number of hydrogen-bond donors (Lipinski definition) is 2. The third-order valence-electron chi connectivity index (χ3n) is 2.48. The van der Waals surface area contributed by atoms with Gasteiger partial charge in [-0.15, -0.1) is 0 Å². The Morgan fingerprint density at radius 3 is 2.65 bits per heavy atom. The van der Waals surface area contributed by atoms with Gasteiger partial charge in [-0.05, 0) is 26.0 Å². The fourth-order valence-corrected chi connectivity index (χ4v) is 1.55. The number of nitrogens with zero attached hydrogens (tertiary/aromatic N) is 2. The fourth-order valence-electron chi connectivity index (χ4n) is 1.55. The maximum absolute atomic E-state index is 5.55. The highest BCUT2D eigenvalue weighted by molar-refractivity contribution is 5.46. The van der Waals surface area contributed by atoms with Gasteiger partial charge >= 0.3 is 0 Å². The zero-order valence-electron chi connectivity index (χ0n) is 10.2. The topological polar surface area (TPSA) is 63.0 Å². The molecule has 0 aliphatic carbocycles.